The van der Waals surface area contributed by atoms with Gasteiger partial charge in [-0.15, -0.1) is 5.10 Å². The maximum absolute atomic E-state index is 13.3. The summed E-state index contributed by atoms with van der Waals surface area (Å²) in [6.07, 6.45) is 1.47. The zero-order chi connectivity index (χ0) is 19.2. The Balaban J connectivity index is 2.06. The van der Waals surface area contributed by atoms with Gasteiger partial charge in [0.15, 0.2) is 5.82 Å². The highest BCUT2D eigenvalue weighted by Gasteiger charge is 2.26. The lowest BCUT2D eigenvalue weighted by Crippen LogP contribution is -2.22. The maximum Gasteiger partial charge on any atom is 0.336 e. The van der Waals surface area contributed by atoms with Gasteiger partial charge in [-0.2, -0.15) is 9.67 Å². The number of nitrogens with zero attached hydrogens (tertiary/aromatic N) is 3. The van der Waals surface area contributed by atoms with Gasteiger partial charge in [0.25, 0.3) is 5.91 Å². The van der Waals surface area contributed by atoms with Gasteiger partial charge in [0.2, 0.25) is 0 Å². The van der Waals surface area contributed by atoms with E-state index in [9.17, 15) is 4.79 Å². The first-order valence-corrected chi connectivity index (χ1v) is 9.47. The van der Waals surface area contributed by atoms with E-state index in [0.29, 0.717) is 29.4 Å². The molecule has 3 aromatic rings. The smallest absolute Gasteiger partial charge is 0.336 e. The molecule has 0 aliphatic heterocycles. The van der Waals surface area contributed by atoms with Crippen molar-refractivity contribution in [2.75, 3.05) is 6.61 Å². The first kappa shape index (κ1) is 19.1. The quantitative estimate of drug-likeness (QED) is 0.561. The van der Waals surface area contributed by atoms with Gasteiger partial charge in [0.1, 0.15) is 0 Å². The summed E-state index contributed by atoms with van der Waals surface area (Å²) in [4.78, 5) is 17.8. The highest BCUT2D eigenvalue weighted by Crippen LogP contribution is 2.30. The number of hydrogen-bond acceptors (Lipinski definition) is 4. The number of rotatable bonds is 7. The lowest BCUT2D eigenvalue weighted by atomic mass is 9.95. The fourth-order valence-corrected chi connectivity index (χ4v) is 3.12. The number of aromatic nitrogens is 3. The van der Waals surface area contributed by atoms with Crippen LogP contribution in [-0.4, -0.2) is 27.3 Å². The van der Waals surface area contributed by atoms with Crippen molar-refractivity contribution in [3.8, 4) is 17.4 Å². The monoisotopic (exact) mass is 383 g/mol. The Hall–Kier alpha value is -2.66. The van der Waals surface area contributed by atoms with Gasteiger partial charge in [-0.1, -0.05) is 67.9 Å². The standard InChI is InChI=1S/C21H22ClN3O2/c1-3-14-27-21-23-19(17-12-8-9-13-18(17)22)25(24-21)20(26)16(4-2)15-10-6-5-7-11-15/h5-13,16H,3-4,14H2,1-2H3. The van der Waals surface area contributed by atoms with E-state index in [2.05, 4.69) is 10.1 Å². The molecule has 0 fully saturated rings. The first-order chi connectivity index (χ1) is 13.2. The number of hydrogen-bond donors (Lipinski definition) is 0. The normalized spacial score (nSPS) is 12.0. The summed E-state index contributed by atoms with van der Waals surface area (Å²) >= 11 is 6.35. The Morgan fingerprint density at radius 3 is 2.48 bits per heavy atom. The first-order valence-electron chi connectivity index (χ1n) is 9.09. The lowest BCUT2D eigenvalue weighted by molar-refractivity contribution is 0.0858. The minimum atomic E-state index is -0.326. The molecular formula is C21H22ClN3O2. The predicted octanol–water partition coefficient (Wildman–Crippen LogP) is 5.22. The van der Waals surface area contributed by atoms with Crippen molar-refractivity contribution < 1.29 is 9.53 Å². The molecular weight excluding hydrogens is 362 g/mol. The van der Waals surface area contributed by atoms with Gasteiger partial charge < -0.3 is 4.74 Å². The summed E-state index contributed by atoms with van der Waals surface area (Å²) in [5.74, 6) is -0.0864. The average Bonchev–Trinajstić information content (AvgIpc) is 3.12. The second-order valence-electron chi connectivity index (χ2n) is 6.17. The van der Waals surface area contributed by atoms with Crippen LogP contribution in [0.3, 0.4) is 0 Å². The summed E-state index contributed by atoms with van der Waals surface area (Å²) in [7, 11) is 0. The van der Waals surface area contributed by atoms with Crippen molar-refractivity contribution in [2.45, 2.75) is 32.6 Å². The number of benzene rings is 2. The van der Waals surface area contributed by atoms with Crippen LogP contribution in [0.1, 0.15) is 43.0 Å². The van der Waals surface area contributed by atoms with Crippen LogP contribution in [0.4, 0.5) is 0 Å². The highest BCUT2D eigenvalue weighted by molar-refractivity contribution is 6.33. The third kappa shape index (κ3) is 4.19. The van der Waals surface area contributed by atoms with Crippen molar-refractivity contribution in [3.63, 3.8) is 0 Å². The summed E-state index contributed by atoms with van der Waals surface area (Å²) in [5.41, 5.74) is 1.59. The van der Waals surface area contributed by atoms with Crippen LogP contribution in [0.15, 0.2) is 54.6 Å². The molecule has 0 aliphatic carbocycles. The van der Waals surface area contributed by atoms with E-state index in [4.69, 9.17) is 16.3 Å². The van der Waals surface area contributed by atoms with Gasteiger partial charge in [0, 0.05) is 5.56 Å². The fourth-order valence-electron chi connectivity index (χ4n) is 2.90. The average molecular weight is 384 g/mol. The molecule has 1 heterocycles. The molecule has 0 spiro atoms. The molecule has 3 rings (SSSR count). The molecule has 0 saturated carbocycles. The van der Waals surface area contributed by atoms with Gasteiger partial charge in [-0.3, -0.25) is 4.79 Å². The molecule has 1 atom stereocenters. The zero-order valence-corrected chi connectivity index (χ0v) is 16.2. The van der Waals surface area contributed by atoms with E-state index in [1.807, 2.05) is 62.4 Å². The van der Waals surface area contributed by atoms with Crippen molar-refractivity contribution >= 4 is 17.5 Å². The molecule has 5 nitrogen and oxygen atoms in total. The van der Waals surface area contributed by atoms with Gasteiger partial charge in [-0.25, -0.2) is 0 Å². The van der Waals surface area contributed by atoms with E-state index >= 15 is 0 Å². The van der Waals surface area contributed by atoms with Gasteiger partial charge >= 0.3 is 6.01 Å². The van der Waals surface area contributed by atoms with Crippen LogP contribution in [0.2, 0.25) is 5.02 Å². The summed E-state index contributed by atoms with van der Waals surface area (Å²) < 4.78 is 6.90. The number of carbonyl (C=O) groups excluding carboxylic acids is 1. The third-order valence-corrected chi connectivity index (χ3v) is 4.58. The van der Waals surface area contributed by atoms with Crippen LogP contribution in [0.5, 0.6) is 6.01 Å². The number of carbonyl (C=O) groups is 1. The van der Waals surface area contributed by atoms with Crippen molar-refractivity contribution in [3.05, 3.63) is 65.2 Å². The van der Waals surface area contributed by atoms with Crippen molar-refractivity contribution in [1.82, 2.24) is 14.8 Å². The van der Waals surface area contributed by atoms with Crippen LogP contribution >= 0.6 is 11.6 Å². The topological polar surface area (TPSA) is 57.0 Å². The van der Waals surface area contributed by atoms with E-state index < -0.39 is 0 Å². The lowest BCUT2D eigenvalue weighted by Gasteiger charge is -2.15. The van der Waals surface area contributed by atoms with Crippen LogP contribution in [-0.2, 0) is 0 Å². The van der Waals surface area contributed by atoms with Gasteiger partial charge in [-0.05, 0) is 30.5 Å². The third-order valence-electron chi connectivity index (χ3n) is 4.25. The Labute approximate surface area is 164 Å². The molecule has 0 aliphatic rings. The zero-order valence-electron chi connectivity index (χ0n) is 15.4. The van der Waals surface area contributed by atoms with Crippen LogP contribution in [0.25, 0.3) is 11.4 Å². The van der Waals surface area contributed by atoms with Gasteiger partial charge in [0.05, 0.1) is 17.5 Å². The second kappa shape index (κ2) is 8.82. The largest absolute Gasteiger partial charge is 0.462 e. The Morgan fingerprint density at radius 2 is 1.81 bits per heavy atom. The molecule has 0 N–H and O–H groups in total. The minimum Gasteiger partial charge on any atom is -0.462 e. The Morgan fingerprint density at radius 1 is 1.11 bits per heavy atom. The fraction of sp³-hybridized carbons (Fsp3) is 0.286. The maximum atomic E-state index is 13.3. The van der Waals surface area contributed by atoms with E-state index in [1.54, 1.807) is 6.07 Å². The molecule has 0 saturated heterocycles. The van der Waals surface area contributed by atoms with E-state index in [0.717, 1.165) is 12.0 Å². The summed E-state index contributed by atoms with van der Waals surface area (Å²) in [6, 6.07) is 17.1. The minimum absolute atomic E-state index is 0.155. The molecule has 6 heteroatoms. The SMILES string of the molecule is CCCOc1nc(-c2ccccc2Cl)n(C(=O)C(CC)c2ccccc2)n1. The second-order valence-corrected chi connectivity index (χ2v) is 6.58. The molecule has 2 aromatic carbocycles. The van der Waals surface area contributed by atoms with Crippen molar-refractivity contribution in [1.29, 1.82) is 0 Å². The van der Waals surface area contributed by atoms with Crippen molar-refractivity contribution in [2.24, 2.45) is 0 Å². The van der Waals surface area contributed by atoms with Crippen LogP contribution in [0, 0.1) is 0 Å². The molecule has 1 unspecified atom stereocenters. The molecule has 27 heavy (non-hydrogen) atoms. The summed E-state index contributed by atoms with van der Waals surface area (Å²) in [6.45, 7) is 4.46. The molecule has 1 aromatic heterocycles. The molecule has 0 amide bonds. The van der Waals surface area contributed by atoms with E-state index in [1.165, 1.54) is 4.68 Å². The van der Waals surface area contributed by atoms with Crippen LogP contribution < -0.4 is 4.74 Å². The predicted molar refractivity (Wildman–Crippen MR) is 106 cm³/mol. The Bertz CT molecular complexity index is 909. The number of halogens is 1. The van der Waals surface area contributed by atoms with E-state index in [-0.39, 0.29) is 17.8 Å². The summed E-state index contributed by atoms with van der Waals surface area (Å²) in [5, 5.41) is 4.84. The molecule has 0 radical (unpaired) electrons. The molecule has 0 bridgehead atoms. The Kier molecular flexibility index (Phi) is 6.24. The molecule has 140 valence electrons. The number of ether oxygens (including phenoxy) is 1. The highest BCUT2D eigenvalue weighted by atomic mass is 35.5.